The van der Waals surface area contributed by atoms with Crippen LogP contribution in [0.3, 0.4) is 0 Å². The topological polar surface area (TPSA) is 51.2 Å². The number of ether oxygens (including phenoxy) is 1. The van der Waals surface area contributed by atoms with Crippen LogP contribution >= 0.6 is 11.3 Å². The minimum atomic E-state index is 0.0758. The lowest BCUT2D eigenvalue weighted by Gasteiger charge is -2.10. The summed E-state index contributed by atoms with van der Waals surface area (Å²) >= 11 is 1.56. The Balaban J connectivity index is 1.67. The van der Waals surface area contributed by atoms with E-state index in [9.17, 15) is 4.79 Å². The number of nitrogens with one attached hydrogen (secondary N) is 1. The van der Waals surface area contributed by atoms with Gasteiger partial charge in [0.2, 0.25) is 5.91 Å². The van der Waals surface area contributed by atoms with Crippen LogP contribution in [0.15, 0.2) is 29.6 Å². The molecule has 1 aromatic carbocycles. The number of rotatable bonds is 6. The van der Waals surface area contributed by atoms with E-state index in [4.69, 9.17) is 4.74 Å². The molecule has 0 spiro atoms. The minimum Gasteiger partial charge on any atom is -0.493 e. The predicted octanol–water partition coefficient (Wildman–Crippen LogP) is 3.81. The Labute approximate surface area is 140 Å². The van der Waals surface area contributed by atoms with Gasteiger partial charge < -0.3 is 10.1 Å². The van der Waals surface area contributed by atoms with Gasteiger partial charge in [-0.3, -0.25) is 4.79 Å². The summed E-state index contributed by atoms with van der Waals surface area (Å²) in [7, 11) is 0. The molecule has 1 saturated carbocycles. The molecule has 0 unspecified atom stereocenters. The monoisotopic (exact) mass is 330 g/mol. The fraction of sp³-hybridized carbons (Fsp3) is 0.444. The molecule has 1 N–H and O–H groups in total. The van der Waals surface area contributed by atoms with E-state index < -0.39 is 0 Å². The third-order valence-electron chi connectivity index (χ3n) is 4.03. The Morgan fingerprint density at radius 3 is 2.91 bits per heavy atom. The zero-order chi connectivity index (χ0) is 16.1. The van der Waals surface area contributed by atoms with E-state index in [0.29, 0.717) is 19.1 Å². The van der Waals surface area contributed by atoms with Crippen molar-refractivity contribution in [1.82, 2.24) is 10.3 Å². The van der Waals surface area contributed by atoms with E-state index in [2.05, 4.69) is 10.3 Å². The van der Waals surface area contributed by atoms with E-state index in [1.54, 1.807) is 11.3 Å². The van der Waals surface area contributed by atoms with Crippen molar-refractivity contribution >= 4 is 17.2 Å². The highest BCUT2D eigenvalue weighted by Gasteiger charge is 2.18. The minimum absolute atomic E-state index is 0.0758. The van der Waals surface area contributed by atoms with Gasteiger partial charge in [0.1, 0.15) is 10.8 Å². The molecule has 3 rings (SSSR count). The molecule has 1 fully saturated rings. The first-order valence-corrected chi connectivity index (χ1v) is 9.10. The van der Waals surface area contributed by atoms with Gasteiger partial charge in [0.25, 0.3) is 0 Å². The number of thiazole rings is 1. The molecule has 0 saturated heterocycles. The first-order chi connectivity index (χ1) is 11.3. The summed E-state index contributed by atoms with van der Waals surface area (Å²) < 4.78 is 5.66. The molecule has 1 aliphatic carbocycles. The fourth-order valence-corrected chi connectivity index (χ4v) is 3.80. The molecule has 0 aliphatic heterocycles. The van der Waals surface area contributed by atoms with Crippen molar-refractivity contribution in [3.05, 3.63) is 35.3 Å². The lowest BCUT2D eigenvalue weighted by molar-refractivity contribution is -0.121. The van der Waals surface area contributed by atoms with Gasteiger partial charge in [0.15, 0.2) is 0 Å². The summed E-state index contributed by atoms with van der Waals surface area (Å²) in [5.74, 6) is 0.915. The molecule has 1 aliphatic rings. The first-order valence-electron chi connectivity index (χ1n) is 8.22. The molecule has 0 bridgehead atoms. The van der Waals surface area contributed by atoms with Gasteiger partial charge in [-0.2, -0.15) is 0 Å². The predicted molar refractivity (Wildman–Crippen MR) is 92.8 cm³/mol. The Hall–Kier alpha value is -1.88. The highest BCUT2D eigenvalue weighted by Crippen LogP contribution is 2.32. The van der Waals surface area contributed by atoms with Crippen LogP contribution in [0.25, 0.3) is 10.6 Å². The van der Waals surface area contributed by atoms with Crippen LogP contribution in [0, 0.1) is 0 Å². The number of nitrogens with zero attached hydrogens (tertiary/aromatic N) is 1. The van der Waals surface area contributed by atoms with Crippen molar-refractivity contribution in [2.75, 3.05) is 6.61 Å². The smallest absolute Gasteiger partial charge is 0.226 e. The Bertz CT molecular complexity index is 663. The number of aromatic nitrogens is 1. The van der Waals surface area contributed by atoms with E-state index >= 15 is 0 Å². The SMILES string of the molecule is CCOc1ccccc1-c1nc(CC(=O)NC2CCCC2)cs1. The molecule has 5 heteroatoms. The largest absolute Gasteiger partial charge is 0.493 e. The number of carbonyl (C=O) groups is 1. The number of benzene rings is 1. The zero-order valence-corrected chi connectivity index (χ0v) is 14.2. The van der Waals surface area contributed by atoms with E-state index in [0.717, 1.165) is 34.9 Å². The highest BCUT2D eigenvalue weighted by molar-refractivity contribution is 7.13. The van der Waals surface area contributed by atoms with Gasteiger partial charge in [-0.05, 0) is 31.9 Å². The first kappa shape index (κ1) is 16.0. The van der Waals surface area contributed by atoms with Crippen LogP contribution in [0.1, 0.15) is 38.3 Å². The summed E-state index contributed by atoms with van der Waals surface area (Å²) in [6.45, 7) is 2.59. The van der Waals surface area contributed by atoms with Crippen molar-refractivity contribution < 1.29 is 9.53 Å². The molecular formula is C18H22N2O2S. The van der Waals surface area contributed by atoms with Crippen LogP contribution in [0.2, 0.25) is 0 Å². The van der Waals surface area contributed by atoms with Crippen LogP contribution in [-0.4, -0.2) is 23.5 Å². The van der Waals surface area contributed by atoms with Gasteiger partial charge >= 0.3 is 0 Å². The molecule has 4 nitrogen and oxygen atoms in total. The van der Waals surface area contributed by atoms with Crippen LogP contribution < -0.4 is 10.1 Å². The molecule has 1 aromatic heterocycles. The second-order valence-corrected chi connectivity index (χ2v) is 6.66. The van der Waals surface area contributed by atoms with E-state index in [1.165, 1.54) is 12.8 Å². The quantitative estimate of drug-likeness (QED) is 0.876. The van der Waals surface area contributed by atoms with Crippen molar-refractivity contribution in [3.8, 4) is 16.3 Å². The second-order valence-electron chi connectivity index (χ2n) is 5.80. The number of hydrogen-bond donors (Lipinski definition) is 1. The average Bonchev–Trinajstić information content (AvgIpc) is 3.20. The maximum atomic E-state index is 12.1. The van der Waals surface area contributed by atoms with Crippen molar-refractivity contribution in [1.29, 1.82) is 0 Å². The van der Waals surface area contributed by atoms with Gasteiger partial charge in [0, 0.05) is 11.4 Å². The third-order valence-corrected chi connectivity index (χ3v) is 4.96. The lowest BCUT2D eigenvalue weighted by atomic mass is 10.2. The molecule has 2 aromatic rings. The summed E-state index contributed by atoms with van der Waals surface area (Å²) in [4.78, 5) is 16.7. The third kappa shape index (κ3) is 4.10. The van der Waals surface area contributed by atoms with Crippen LogP contribution in [0.5, 0.6) is 5.75 Å². The molecule has 0 radical (unpaired) electrons. The lowest BCUT2D eigenvalue weighted by Crippen LogP contribution is -2.33. The van der Waals surface area contributed by atoms with Crippen molar-refractivity contribution in [2.24, 2.45) is 0 Å². The summed E-state index contributed by atoms with van der Waals surface area (Å²) in [5.41, 5.74) is 1.81. The van der Waals surface area contributed by atoms with Crippen molar-refractivity contribution in [3.63, 3.8) is 0 Å². The van der Waals surface area contributed by atoms with Crippen LogP contribution in [0.4, 0.5) is 0 Å². The summed E-state index contributed by atoms with van der Waals surface area (Å²) in [6.07, 6.45) is 5.01. The number of hydrogen-bond acceptors (Lipinski definition) is 4. The summed E-state index contributed by atoms with van der Waals surface area (Å²) in [5, 5.41) is 5.97. The average molecular weight is 330 g/mol. The van der Waals surface area contributed by atoms with Gasteiger partial charge in [-0.1, -0.05) is 25.0 Å². The molecule has 122 valence electrons. The normalized spacial score (nSPS) is 14.8. The van der Waals surface area contributed by atoms with Gasteiger partial charge in [-0.25, -0.2) is 4.98 Å². The molecular weight excluding hydrogens is 308 g/mol. The molecule has 23 heavy (non-hydrogen) atoms. The number of carbonyl (C=O) groups excluding carboxylic acids is 1. The Morgan fingerprint density at radius 2 is 2.13 bits per heavy atom. The number of amides is 1. The second kappa shape index (κ2) is 7.59. The van der Waals surface area contributed by atoms with E-state index in [-0.39, 0.29) is 5.91 Å². The highest BCUT2D eigenvalue weighted by atomic mass is 32.1. The summed E-state index contributed by atoms with van der Waals surface area (Å²) in [6, 6.07) is 8.25. The molecule has 1 amide bonds. The number of para-hydroxylation sites is 1. The van der Waals surface area contributed by atoms with Crippen LogP contribution in [-0.2, 0) is 11.2 Å². The van der Waals surface area contributed by atoms with E-state index in [1.807, 2.05) is 36.6 Å². The van der Waals surface area contributed by atoms with Gasteiger partial charge in [-0.15, -0.1) is 11.3 Å². The Morgan fingerprint density at radius 1 is 1.35 bits per heavy atom. The Kier molecular flexibility index (Phi) is 5.28. The standard InChI is InChI=1S/C18H22N2O2S/c1-2-22-16-10-6-5-9-15(16)18-20-14(12-23-18)11-17(21)19-13-7-3-4-8-13/h5-6,9-10,12-13H,2-4,7-8,11H2,1H3,(H,19,21). The van der Waals surface area contributed by atoms with Crippen molar-refractivity contribution in [2.45, 2.75) is 45.1 Å². The molecule has 1 heterocycles. The maximum absolute atomic E-state index is 12.1. The zero-order valence-electron chi connectivity index (χ0n) is 13.4. The fourth-order valence-electron chi connectivity index (χ4n) is 2.95. The molecule has 0 atom stereocenters. The van der Waals surface area contributed by atoms with Gasteiger partial charge in [0.05, 0.1) is 24.3 Å². The maximum Gasteiger partial charge on any atom is 0.226 e.